The number of amides is 1. The topological polar surface area (TPSA) is 152 Å². The van der Waals surface area contributed by atoms with Crippen molar-refractivity contribution in [1.29, 1.82) is 0 Å². The lowest BCUT2D eigenvalue weighted by molar-refractivity contribution is -0.384. The number of sulfonamides is 1. The Morgan fingerprint density at radius 1 is 1.15 bits per heavy atom. The summed E-state index contributed by atoms with van der Waals surface area (Å²) in [6.07, 6.45) is 0. The van der Waals surface area contributed by atoms with Gasteiger partial charge in [-0.2, -0.15) is 4.31 Å². The van der Waals surface area contributed by atoms with E-state index in [0.717, 1.165) is 6.07 Å². The van der Waals surface area contributed by atoms with Gasteiger partial charge in [0.25, 0.3) is 11.6 Å². The molecule has 3 aromatic rings. The van der Waals surface area contributed by atoms with Crippen molar-refractivity contribution < 1.29 is 22.9 Å². The number of H-pyrrole nitrogens is 1. The number of anilines is 1. The number of benzene rings is 2. The van der Waals surface area contributed by atoms with Crippen molar-refractivity contribution in [1.82, 2.24) is 9.29 Å². The molecular formula is C21H20N4O7S. The molecule has 12 heteroatoms. The molecule has 1 aromatic heterocycles. The third kappa shape index (κ3) is 4.49. The number of hydrogen-bond donors (Lipinski definition) is 2. The van der Waals surface area contributed by atoms with E-state index in [0.29, 0.717) is 5.56 Å². The molecule has 2 N–H and O–H groups in total. The fraction of sp³-hybridized carbons (Fsp3) is 0.238. The summed E-state index contributed by atoms with van der Waals surface area (Å²) in [7, 11) is -3.83. The van der Waals surface area contributed by atoms with Crippen LogP contribution in [-0.2, 0) is 14.8 Å². The van der Waals surface area contributed by atoms with E-state index < -0.39 is 26.4 Å². The van der Waals surface area contributed by atoms with Crippen LogP contribution in [-0.4, -0.2) is 54.8 Å². The fourth-order valence-electron chi connectivity index (χ4n) is 3.57. The van der Waals surface area contributed by atoms with Crippen molar-refractivity contribution in [3.05, 3.63) is 74.1 Å². The number of nitro groups is 1. The molecule has 0 spiro atoms. The molecule has 2 heterocycles. The van der Waals surface area contributed by atoms with E-state index in [9.17, 15) is 28.1 Å². The molecule has 0 aliphatic carbocycles. The van der Waals surface area contributed by atoms with Crippen molar-refractivity contribution in [3.8, 4) is 0 Å². The Bertz CT molecular complexity index is 1430. The predicted octanol–water partition coefficient (Wildman–Crippen LogP) is 2.02. The zero-order valence-electron chi connectivity index (χ0n) is 17.5. The number of hydrogen-bond acceptors (Lipinski definition) is 7. The van der Waals surface area contributed by atoms with Crippen molar-refractivity contribution in [2.24, 2.45) is 0 Å². The molecule has 1 saturated heterocycles. The zero-order chi connectivity index (χ0) is 23.8. The van der Waals surface area contributed by atoms with Gasteiger partial charge in [-0.25, -0.2) is 8.42 Å². The molecular weight excluding hydrogens is 452 g/mol. The van der Waals surface area contributed by atoms with Crippen LogP contribution in [0.2, 0.25) is 0 Å². The van der Waals surface area contributed by atoms with E-state index in [1.807, 2.05) is 0 Å². The number of aryl methyl sites for hydroxylation is 1. The van der Waals surface area contributed by atoms with E-state index in [4.69, 9.17) is 4.74 Å². The number of nitrogens with zero attached hydrogens (tertiary/aromatic N) is 2. The van der Waals surface area contributed by atoms with Gasteiger partial charge in [0.1, 0.15) is 0 Å². The van der Waals surface area contributed by atoms with Crippen LogP contribution in [0.15, 0.2) is 52.2 Å². The summed E-state index contributed by atoms with van der Waals surface area (Å²) < 4.78 is 32.6. The molecule has 33 heavy (non-hydrogen) atoms. The monoisotopic (exact) mass is 472 g/mol. The largest absolute Gasteiger partial charge is 0.379 e. The highest BCUT2D eigenvalue weighted by atomic mass is 32.2. The molecule has 0 radical (unpaired) electrons. The molecule has 4 rings (SSSR count). The van der Waals surface area contributed by atoms with E-state index in [-0.39, 0.29) is 59.0 Å². The summed E-state index contributed by atoms with van der Waals surface area (Å²) in [6.45, 7) is 2.67. The van der Waals surface area contributed by atoms with Crippen LogP contribution in [0.1, 0.15) is 15.9 Å². The molecule has 1 fully saturated rings. The first-order valence-electron chi connectivity index (χ1n) is 9.98. The predicted molar refractivity (Wildman–Crippen MR) is 120 cm³/mol. The standard InChI is InChI=1S/C21H20N4O7S/c1-13-2-3-14(25(28)29)10-19(13)23-21(27)17-12-20(26)22-18-5-4-15(11-16(17)18)33(30,31)24-6-8-32-9-7-24/h2-5,10-12H,6-9H2,1H3,(H,22,26)(H,23,27). The number of nitrogens with one attached hydrogen (secondary N) is 2. The highest BCUT2D eigenvalue weighted by Gasteiger charge is 2.27. The molecule has 11 nitrogen and oxygen atoms in total. The SMILES string of the molecule is Cc1ccc([N+](=O)[O-])cc1NC(=O)c1cc(=O)[nH]c2ccc(S(=O)(=O)N3CCOCC3)cc12. The molecule has 172 valence electrons. The Hall–Kier alpha value is -3.61. The highest BCUT2D eigenvalue weighted by molar-refractivity contribution is 7.89. The van der Waals surface area contributed by atoms with Crippen molar-refractivity contribution in [3.63, 3.8) is 0 Å². The fourth-order valence-corrected chi connectivity index (χ4v) is 5.00. The Morgan fingerprint density at radius 3 is 2.58 bits per heavy atom. The zero-order valence-corrected chi connectivity index (χ0v) is 18.3. The summed E-state index contributed by atoms with van der Waals surface area (Å²) >= 11 is 0. The number of ether oxygens (including phenoxy) is 1. The quantitative estimate of drug-likeness (QED) is 0.426. The van der Waals surface area contributed by atoms with Crippen LogP contribution >= 0.6 is 0 Å². The Balaban J connectivity index is 1.77. The van der Waals surface area contributed by atoms with Gasteiger partial charge in [0.2, 0.25) is 15.6 Å². The number of pyridine rings is 1. The molecule has 1 aliphatic heterocycles. The number of carbonyl (C=O) groups is 1. The van der Waals surface area contributed by atoms with Crippen LogP contribution in [0.25, 0.3) is 10.9 Å². The lowest BCUT2D eigenvalue weighted by Gasteiger charge is -2.26. The van der Waals surface area contributed by atoms with Crippen LogP contribution < -0.4 is 10.9 Å². The van der Waals surface area contributed by atoms with Crippen molar-refractivity contribution >= 4 is 38.2 Å². The summed E-state index contributed by atoms with van der Waals surface area (Å²) in [5.74, 6) is -0.699. The number of aromatic amines is 1. The van der Waals surface area contributed by atoms with Gasteiger partial charge in [0.15, 0.2) is 0 Å². The van der Waals surface area contributed by atoms with E-state index in [1.165, 1.54) is 40.7 Å². The minimum absolute atomic E-state index is 0.0236. The summed E-state index contributed by atoms with van der Waals surface area (Å²) in [6, 6.07) is 9.24. The minimum Gasteiger partial charge on any atom is -0.379 e. The van der Waals surface area contributed by atoms with Gasteiger partial charge in [-0.3, -0.25) is 19.7 Å². The van der Waals surface area contributed by atoms with Crippen LogP contribution in [0, 0.1) is 17.0 Å². The van der Waals surface area contributed by atoms with Gasteiger partial charge in [-0.15, -0.1) is 0 Å². The molecule has 0 saturated carbocycles. The first kappa shape index (κ1) is 22.6. The van der Waals surface area contributed by atoms with Crippen LogP contribution in [0.5, 0.6) is 0 Å². The molecule has 0 atom stereocenters. The van der Waals surface area contributed by atoms with E-state index >= 15 is 0 Å². The Morgan fingerprint density at radius 2 is 1.88 bits per heavy atom. The molecule has 1 amide bonds. The third-order valence-electron chi connectivity index (χ3n) is 5.35. The summed E-state index contributed by atoms with van der Waals surface area (Å²) in [5, 5.41) is 13.9. The molecule has 0 unspecified atom stereocenters. The van der Waals surface area contributed by atoms with Gasteiger partial charge in [-0.1, -0.05) is 6.07 Å². The number of aromatic nitrogens is 1. The van der Waals surface area contributed by atoms with Crippen LogP contribution in [0.4, 0.5) is 11.4 Å². The number of carbonyl (C=O) groups excluding carboxylic acids is 1. The van der Waals surface area contributed by atoms with E-state index in [1.54, 1.807) is 6.92 Å². The maximum Gasteiger partial charge on any atom is 0.271 e. The number of non-ortho nitro benzene ring substituents is 1. The Labute approximate surface area is 188 Å². The molecule has 1 aliphatic rings. The minimum atomic E-state index is -3.83. The summed E-state index contributed by atoms with van der Waals surface area (Å²) in [4.78, 5) is 38.3. The third-order valence-corrected chi connectivity index (χ3v) is 7.24. The summed E-state index contributed by atoms with van der Waals surface area (Å²) in [5.41, 5.74) is 0.263. The van der Waals surface area contributed by atoms with Gasteiger partial charge in [-0.05, 0) is 30.7 Å². The molecule has 2 aromatic carbocycles. The second kappa shape index (κ2) is 8.73. The normalized spacial score (nSPS) is 14.8. The van der Waals surface area contributed by atoms with Gasteiger partial charge in [0, 0.05) is 42.2 Å². The second-order valence-electron chi connectivity index (χ2n) is 7.48. The lowest BCUT2D eigenvalue weighted by atomic mass is 10.1. The smallest absolute Gasteiger partial charge is 0.271 e. The highest BCUT2D eigenvalue weighted by Crippen LogP contribution is 2.26. The number of morpholine rings is 1. The van der Waals surface area contributed by atoms with Crippen molar-refractivity contribution in [2.75, 3.05) is 31.6 Å². The lowest BCUT2D eigenvalue weighted by Crippen LogP contribution is -2.40. The first-order chi connectivity index (χ1) is 15.7. The van der Waals surface area contributed by atoms with Gasteiger partial charge in [0.05, 0.1) is 34.3 Å². The maximum absolute atomic E-state index is 13.1. The average Bonchev–Trinajstić information content (AvgIpc) is 2.80. The first-order valence-corrected chi connectivity index (χ1v) is 11.4. The average molecular weight is 472 g/mol. The number of fused-ring (bicyclic) bond motifs is 1. The molecule has 0 bridgehead atoms. The number of rotatable bonds is 5. The van der Waals surface area contributed by atoms with Crippen LogP contribution in [0.3, 0.4) is 0 Å². The van der Waals surface area contributed by atoms with E-state index in [2.05, 4.69) is 10.3 Å². The Kier molecular flexibility index (Phi) is 5.97. The number of nitro benzene ring substituents is 1. The van der Waals surface area contributed by atoms with Crippen molar-refractivity contribution in [2.45, 2.75) is 11.8 Å². The maximum atomic E-state index is 13.1. The van der Waals surface area contributed by atoms with Gasteiger partial charge >= 0.3 is 0 Å². The van der Waals surface area contributed by atoms with Gasteiger partial charge < -0.3 is 15.0 Å². The second-order valence-corrected chi connectivity index (χ2v) is 9.42.